The van der Waals surface area contributed by atoms with Crippen LogP contribution in [0.4, 0.5) is 0 Å². The molecule has 0 aromatic carbocycles. The normalized spacial score (nSPS) is 12.2. The van der Waals surface area contributed by atoms with Crippen molar-refractivity contribution in [3.05, 3.63) is 0 Å². The van der Waals surface area contributed by atoms with Crippen molar-refractivity contribution in [2.75, 3.05) is 0 Å². The summed E-state index contributed by atoms with van der Waals surface area (Å²) in [6, 6.07) is 0. The van der Waals surface area contributed by atoms with E-state index in [2.05, 4.69) is 20.8 Å². The van der Waals surface area contributed by atoms with Crippen molar-refractivity contribution in [2.45, 2.75) is 111 Å². The molecule has 0 fully saturated rings. The van der Waals surface area contributed by atoms with Gasteiger partial charge in [-0.05, 0) is 5.92 Å². The molecule has 0 aliphatic heterocycles. The first kappa shape index (κ1) is 21.3. The average molecular weight is 272 g/mol. The minimum absolute atomic E-state index is 0. The Balaban J connectivity index is 0. The Morgan fingerprint density at radius 3 is 1.32 bits per heavy atom. The van der Waals surface area contributed by atoms with Crippen molar-refractivity contribution in [1.29, 1.82) is 0 Å². The van der Waals surface area contributed by atoms with E-state index in [9.17, 15) is 0 Å². The molecule has 3 N–H and O–H groups in total. The molecule has 0 saturated carbocycles. The smallest absolute Gasteiger partial charge is 0.0443 e. The molecule has 0 radical (unpaired) electrons. The van der Waals surface area contributed by atoms with E-state index in [0.29, 0.717) is 0 Å². The van der Waals surface area contributed by atoms with E-state index in [-0.39, 0.29) is 6.15 Å². The maximum Gasteiger partial charge on any atom is -0.0443 e. The fourth-order valence-corrected chi connectivity index (χ4v) is 2.69. The molecule has 0 aromatic rings. The molecule has 0 aromatic heterocycles. The van der Waals surface area contributed by atoms with E-state index in [1.54, 1.807) is 0 Å². The summed E-state index contributed by atoms with van der Waals surface area (Å²) >= 11 is 0. The molecule has 19 heavy (non-hydrogen) atoms. The maximum absolute atomic E-state index is 2.44. The third-order valence-corrected chi connectivity index (χ3v) is 4.10. The predicted octanol–water partition coefficient (Wildman–Crippen LogP) is 7.29. The molecule has 0 spiro atoms. The van der Waals surface area contributed by atoms with Gasteiger partial charge >= 0.3 is 0 Å². The molecule has 1 atom stereocenters. The summed E-state index contributed by atoms with van der Waals surface area (Å²) in [7, 11) is 0. The van der Waals surface area contributed by atoms with Crippen LogP contribution in [0.15, 0.2) is 0 Å². The van der Waals surface area contributed by atoms with Crippen LogP contribution < -0.4 is 6.15 Å². The lowest BCUT2D eigenvalue weighted by atomic mass is 9.96. The molecule has 0 heterocycles. The third kappa shape index (κ3) is 18.0. The highest BCUT2D eigenvalue weighted by Crippen LogP contribution is 2.17. The first-order valence-electron chi connectivity index (χ1n) is 8.81. The lowest BCUT2D eigenvalue weighted by Crippen LogP contribution is -1.94. The molecule has 0 amide bonds. The van der Waals surface area contributed by atoms with Crippen LogP contribution in [-0.4, -0.2) is 0 Å². The summed E-state index contributed by atoms with van der Waals surface area (Å²) in [5, 5.41) is 0. The van der Waals surface area contributed by atoms with Gasteiger partial charge in [-0.3, -0.25) is 0 Å². The predicted molar refractivity (Wildman–Crippen MR) is 90.2 cm³/mol. The summed E-state index contributed by atoms with van der Waals surface area (Å²) in [6.45, 7) is 7.03. The van der Waals surface area contributed by atoms with Crippen molar-refractivity contribution >= 4 is 0 Å². The standard InChI is InChI=1S/C18H38.H3N/c1-4-6-8-9-10-11-12-13-15-17-18(3)16-14-7-5-2;/h18H,4-17H2,1-3H3;1H3. The number of rotatable bonds is 14. The second-order valence-electron chi connectivity index (χ2n) is 6.22. The van der Waals surface area contributed by atoms with Crippen LogP contribution in [0, 0.1) is 5.92 Å². The molecule has 0 bridgehead atoms. The van der Waals surface area contributed by atoms with Crippen LogP contribution in [0.25, 0.3) is 0 Å². The first-order chi connectivity index (χ1) is 8.81. The van der Waals surface area contributed by atoms with E-state index >= 15 is 0 Å². The zero-order valence-electron chi connectivity index (χ0n) is 14.2. The Kier molecular flexibility index (Phi) is 20.1. The lowest BCUT2D eigenvalue weighted by molar-refractivity contribution is 0.435. The molecule has 1 unspecified atom stereocenters. The van der Waals surface area contributed by atoms with Gasteiger partial charge in [0, 0.05) is 0 Å². The van der Waals surface area contributed by atoms with Gasteiger partial charge < -0.3 is 6.15 Å². The fraction of sp³-hybridized carbons (Fsp3) is 1.00. The van der Waals surface area contributed by atoms with Gasteiger partial charge in [0.05, 0.1) is 0 Å². The van der Waals surface area contributed by atoms with Gasteiger partial charge in [0.15, 0.2) is 0 Å². The molecular weight excluding hydrogens is 230 g/mol. The highest BCUT2D eigenvalue weighted by Gasteiger charge is 2.01. The molecule has 0 rings (SSSR count). The monoisotopic (exact) mass is 271 g/mol. The SMILES string of the molecule is CCCCCCCCCCCC(C)CCCCC.N. The van der Waals surface area contributed by atoms with Gasteiger partial charge in [-0.2, -0.15) is 0 Å². The molecule has 1 nitrogen and oxygen atoms in total. The summed E-state index contributed by atoms with van der Waals surface area (Å²) in [5.41, 5.74) is 0. The molecule has 118 valence electrons. The minimum atomic E-state index is 0. The number of hydrogen-bond acceptors (Lipinski definition) is 1. The zero-order valence-corrected chi connectivity index (χ0v) is 14.2. The van der Waals surface area contributed by atoms with Gasteiger partial charge in [-0.25, -0.2) is 0 Å². The fourth-order valence-electron chi connectivity index (χ4n) is 2.69. The van der Waals surface area contributed by atoms with Crippen LogP contribution in [-0.2, 0) is 0 Å². The quantitative estimate of drug-likeness (QED) is 0.331. The van der Waals surface area contributed by atoms with Gasteiger partial charge in [-0.15, -0.1) is 0 Å². The van der Waals surface area contributed by atoms with Crippen molar-refractivity contribution in [2.24, 2.45) is 5.92 Å². The van der Waals surface area contributed by atoms with E-state index < -0.39 is 0 Å². The topological polar surface area (TPSA) is 35.0 Å². The summed E-state index contributed by atoms with van der Waals surface area (Å²) < 4.78 is 0. The molecule has 0 aliphatic rings. The van der Waals surface area contributed by atoms with E-state index in [1.165, 1.54) is 89.9 Å². The molecule has 0 saturated heterocycles. The van der Waals surface area contributed by atoms with Gasteiger partial charge in [0.1, 0.15) is 0 Å². The van der Waals surface area contributed by atoms with Gasteiger partial charge in [-0.1, -0.05) is 111 Å². The Morgan fingerprint density at radius 2 is 0.842 bits per heavy atom. The van der Waals surface area contributed by atoms with Crippen molar-refractivity contribution in [3.8, 4) is 0 Å². The van der Waals surface area contributed by atoms with Crippen LogP contribution in [0.5, 0.6) is 0 Å². The van der Waals surface area contributed by atoms with Crippen LogP contribution in [0.3, 0.4) is 0 Å². The maximum atomic E-state index is 2.44. The summed E-state index contributed by atoms with van der Waals surface area (Å²) in [5.74, 6) is 0.973. The first-order valence-corrected chi connectivity index (χ1v) is 8.81. The largest absolute Gasteiger partial charge is 0.344 e. The van der Waals surface area contributed by atoms with Crippen LogP contribution in [0.1, 0.15) is 111 Å². The van der Waals surface area contributed by atoms with E-state index in [4.69, 9.17) is 0 Å². The Bertz CT molecular complexity index is 145. The average Bonchev–Trinajstić information content (AvgIpc) is 2.37. The van der Waals surface area contributed by atoms with Crippen LogP contribution >= 0.6 is 0 Å². The van der Waals surface area contributed by atoms with Gasteiger partial charge in [0.25, 0.3) is 0 Å². The summed E-state index contributed by atoms with van der Waals surface area (Å²) in [4.78, 5) is 0. The minimum Gasteiger partial charge on any atom is -0.344 e. The summed E-state index contributed by atoms with van der Waals surface area (Å²) in [6.07, 6.45) is 20.3. The Labute approximate surface area is 123 Å². The Morgan fingerprint density at radius 1 is 0.526 bits per heavy atom. The lowest BCUT2D eigenvalue weighted by Gasteiger charge is -2.10. The van der Waals surface area contributed by atoms with Crippen LogP contribution in [0.2, 0.25) is 0 Å². The van der Waals surface area contributed by atoms with Crippen molar-refractivity contribution in [1.82, 2.24) is 6.15 Å². The third-order valence-electron chi connectivity index (χ3n) is 4.10. The molecule has 0 aliphatic carbocycles. The second-order valence-corrected chi connectivity index (χ2v) is 6.22. The van der Waals surface area contributed by atoms with Crippen molar-refractivity contribution < 1.29 is 0 Å². The number of hydrogen-bond donors (Lipinski definition) is 1. The molecular formula is C18H41N. The Hall–Kier alpha value is -0.0400. The number of unbranched alkanes of at least 4 members (excludes halogenated alkanes) is 10. The second kappa shape index (κ2) is 18.0. The van der Waals surface area contributed by atoms with E-state index in [0.717, 1.165) is 5.92 Å². The highest BCUT2D eigenvalue weighted by atomic mass is 14.1. The van der Waals surface area contributed by atoms with Crippen molar-refractivity contribution in [3.63, 3.8) is 0 Å². The zero-order chi connectivity index (χ0) is 13.5. The van der Waals surface area contributed by atoms with E-state index in [1.807, 2.05) is 0 Å². The van der Waals surface area contributed by atoms with Gasteiger partial charge in [0.2, 0.25) is 0 Å². The highest BCUT2D eigenvalue weighted by molar-refractivity contribution is 4.55. The molecule has 1 heteroatoms.